The van der Waals surface area contributed by atoms with E-state index in [9.17, 15) is 14.7 Å². The van der Waals surface area contributed by atoms with Gasteiger partial charge >= 0.3 is 12.1 Å². The number of hydrogen-bond donors (Lipinski definition) is 2. The highest BCUT2D eigenvalue weighted by Crippen LogP contribution is 2.28. The number of carbonyl (C=O) groups is 2. The first-order valence-corrected chi connectivity index (χ1v) is 8.92. The number of aliphatic hydroxyl groups is 1. The molecule has 29 heavy (non-hydrogen) atoms. The number of rotatable bonds is 9. The van der Waals surface area contributed by atoms with E-state index in [1.807, 2.05) is 18.2 Å². The van der Waals surface area contributed by atoms with Gasteiger partial charge in [-0.1, -0.05) is 36.4 Å². The molecule has 2 rings (SSSR count). The number of methoxy groups -OCH3 is 3. The highest BCUT2D eigenvalue weighted by Gasteiger charge is 2.30. The minimum absolute atomic E-state index is 0.0119. The van der Waals surface area contributed by atoms with Crippen LogP contribution in [0.25, 0.3) is 0 Å². The SMILES string of the molecule is COC(=O)NC(Cc1ccc(OC)c(OC)c1)C(O)C(=O)OCc1ccccc1. The van der Waals surface area contributed by atoms with Gasteiger partial charge in [-0.25, -0.2) is 9.59 Å². The predicted octanol–water partition coefficient (Wildman–Crippen LogP) is 2.08. The second-order valence-electron chi connectivity index (χ2n) is 6.17. The van der Waals surface area contributed by atoms with Crippen LogP contribution in [-0.4, -0.2) is 50.6 Å². The largest absolute Gasteiger partial charge is 0.493 e. The van der Waals surface area contributed by atoms with Crippen molar-refractivity contribution in [3.63, 3.8) is 0 Å². The van der Waals surface area contributed by atoms with E-state index in [0.717, 1.165) is 5.56 Å². The topological polar surface area (TPSA) is 103 Å². The summed E-state index contributed by atoms with van der Waals surface area (Å²) in [5.74, 6) is 0.176. The minimum Gasteiger partial charge on any atom is -0.493 e. The Labute approximate surface area is 169 Å². The lowest BCUT2D eigenvalue weighted by atomic mass is 10.0. The molecule has 0 heterocycles. The van der Waals surface area contributed by atoms with Crippen LogP contribution in [0.2, 0.25) is 0 Å². The van der Waals surface area contributed by atoms with Crippen molar-refractivity contribution in [2.24, 2.45) is 0 Å². The average Bonchev–Trinajstić information content (AvgIpc) is 2.76. The number of ether oxygens (including phenoxy) is 4. The number of benzene rings is 2. The number of aliphatic hydroxyl groups excluding tert-OH is 1. The minimum atomic E-state index is -1.59. The summed E-state index contributed by atoms with van der Waals surface area (Å²) < 4.78 is 20.2. The van der Waals surface area contributed by atoms with Gasteiger partial charge in [-0.05, 0) is 29.7 Å². The van der Waals surface area contributed by atoms with E-state index in [0.29, 0.717) is 17.1 Å². The van der Waals surface area contributed by atoms with E-state index in [1.165, 1.54) is 21.3 Å². The Hall–Kier alpha value is -3.26. The van der Waals surface area contributed by atoms with Crippen LogP contribution in [0.1, 0.15) is 11.1 Å². The van der Waals surface area contributed by atoms with Crippen LogP contribution in [0.4, 0.5) is 4.79 Å². The second kappa shape index (κ2) is 10.9. The fourth-order valence-electron chi connectivity index (χ4n) is 2.69. The highest BCUT2D eigenvalue weighted by atomic mass is 16.6. The molecule has 2 aromatic carbocycles. The quantitative estimate of drug-likeness (QED) is 0.618. The summed E-state index contributed by atoms with van der Waals surface area (Å²) in [5.41, 5.74) is 1.49. The number of nitrogens with one attached hydrogen (secondary N) is 1. The lowest BCUT2D eigenvalue weighted by Gasteiger charge is -2.23. The van der Waals surface area contributed by atoms with Gasteiger partial charge in [0.25, 0.3) is 0 Å². The third-order valence-electron chi connectivity index (χ3n) is 4.24. The Bertz CT molecular complexity index is 810. The summed E-state index contributed by atoms with van der Waals surface area (Å²) in [6.45, 7) is 0.0119. The molecule has 8 nitrogen and oxygen atoms in total. The molecule has 2 N–H and O–H groups in total. The summed E-state index contributed by atoms with van der Waals surface area (Å²) in [5, 5.41) is 13.0. The molecule has 0 radical (unpaired) electrons. The van der Waals surface area contributed by atoms with Crippen LogP contribution in [-0.2, 0) is 27.3 Å². The Balaban J connectivity index is 2.11. The van der Waals surface area contributed by atoms with Crippen molar-refractivity contribution in [3.05, 3.63) is 59.7 Å². The van der Waals surface area contributed by atoms with Crippen LogP contribution >= 0.6 is 0 Å². The third kappa shape index (κ3) is 6.39. The fraction of sp³-hybridized carbons (Fsp3) is 0.333. The molecule has 0 aromatic heterocycles. The van der Waals surface area contributed by atoms with Crippen molar-refractivity contribution in [1.29, 1.82) is 0 Å². The molecule has 0 saturated carbocycles. The van der Waals surface area contributed by atoms with Gasteiger partial charge in [0.1, 0.15) is 6.61 Å². The van der Waals surface area contributed by atoms with Gasteiger partial charge in [0, 0.05) is 0 Å². The number of alkyl carbamates (subject to hydrolysis) is 1. The van der Waals surface area contributed by atoms with Crippen molar-refractivity contribution in [2.45, 2.75) is 25.2 Å². The normalized spacial score (nSPS) is 12.4. The molecule has 2 unspecified atom stereocenters. The second-order valence-corrected chi connectivity index (χ2v) is 6.17. The van der Waals surface area contributed by atoms with E-state index in [1.54, 1.807) is 30.3 Å². The average molecular weight is 403 g/mol. The third-order valence-corrected chi connectivity index (χ3v) is 4.24. The Morgan fingerprint density at radius 1 is 0.966 bits per heavy atom. The zero-order valence-corrected chi connectivity index (χ0v) is 16.6. The molecule has 0 fully saturated rings. The lowest BCUT2D eigenvalue weighted by molar-refractivity contribution is -0.156. The number of hydrogen-bond acceptors (Lipinski definition) is 7. The van der Waals surface area contributed by atoms with Crippen LogP contribution < -0.4 is 14.8 Å². The van der Waals surface area contributed by atoms with E-state index in [4.69, 9.17) is 14.2 Å². The molecule has 2 atom stereocenters. The molecule has 8 heteroatoms. The molecule has 2 aromatic rings. The number of amides is 1. The van der Waals surface area contributed by atoms with Gasteiger partial charge in [-0.3, -0.25) is 0 Å². The molecular formula is C21H25NO7. The van der Waals surface area contributed by atoms with Crippen LogP contribution in [0.15, 0.2) is 48.5 Å². The highest BCUT2D eigenvalue weighted by molar-refractivity contribution is 5.77. The van der Waals surface area contributed by atoms with E-state index in [2.05, 4.69) is 10.1 Å². The molecule has 0 aliphatic carbocycles. The monoisotopic (exact) mass is 403 g/mol. The van der Waals surface area contributed by atoms with E-state index in [-0.39, 0.29) is 13.0 Å². The van der Waals surface area contributed by atoms with E-state index < -0.39 is 24.2 Å². The molecule has 156 valence electrons. The Kier molecular flexibility index (Phi) is 8.29. The van der Waals surface area contributed by atoms with Gasteiger partial charge < -0.3 is 29.4 Å². The lowest BCUT2D eigenvalue weighted by Crippen LogP contribution is -2.48. The smallest absolute Gasteiger partial charge is 0.407 e. The molecule has 0 saturated heterocycles. The summed E-state index contributed by atoms with van der Waals surface area (Å²) in [4.78, 5) is 24.0. The maximum Gasteiger partial charge on any atom is 0.407 e. The van der Waals surface area contributed by atoms with Crippen molar-refractivity contribution >= 4 is 12.1 Å². The first-order valence-electron chi connectivity index (χ1n) is 8.92. The van der Waals surface area contributed by atoms with Gasteiger partial charge in [-0.15, -0.1) is 0 Å². The zero-order valence-electron chi connectivity index (χ0n) is 16.6. The predicted molar refractivity (Wildman–Crippen MR) is 105 cm³/mol. The summed E-state index contributed by atoms with van der Waals surface area (Å²) in [7, 11) is 4.22. The molecule has 1 amide bonds. The first kappa shape index (κ1) is 22.0. The van der Waals surface area contributed by atoms with Crippen molar-refractivity contribution in [1.82, 2.24) is 5.32 Å². The fourth-order valence-corrected chi connectivity index (χ4v) is 2.69. The first-order chi connectivity index (χ1) is 14.0. The van der Waals surface area contributed by atoms with Crippen molar-refractivity contribution in [3.8, 4) is 11.5 Å². The molecular weight excluding hydrogens is 378 g/mol. The van der Waals surface area contributed by atoms with Crippen LogP contribution in [0.5, 0.6) is 11.5 Å². The van der Waals surface area contributed by atoms with Gasteiger partial charge in [0.2, 0.25) is 0 Å². The molecule has 0 aliphatic heterocycles. The maximum atomic E-state index is 12.3. The summed E-state index contributed by atoms with van der Waals surface area (Å²) in [6, 6.07) is 13.3. The van der Waals surface area contributed by atoms with Crippen LogP contribution in [0, 0.1) is 0 Å². The number of esters is 1. The maximum absolute atomic E-state index is 12.3. The Morgan fingerprint density at radius 3 is 2.28 bits per heavy atom. The standard InChI is InChI=1S/C21H25NO7/c1-26-17-10-9-15(12-18(17)27-2)11-16(22-21(25)28-3)19(23)20(24)29-13-14-7-5-4-6-8-14/h4-10,12,16,19,23H,11,13H2,1-3H3,(H,22,25). The van der Waals surface area contributed by atoms with Crippen molar-refractivity contribution < 1.29 is 33.6 Å². The van der Waals surface area contributed by atoms with Gasteiger partial charge in [-0.2, -0.15) is 0 Å². The Morgan fingerprint density at radius 2 is 1.66 bits per heavy atom. The van der Waals surface area contributed by atoms with Gasteiger partial charge in [0.05, 0.1) is 27.4 Å². The van der Waals surface area contributed by atoms with E-state index >= 15 is 0 Å². The molecule has 0 bridgehead atoms. The zero-order chi connectivity index (χ0) is 21.2. The number of carbonyl (C=O) groups excluding carboxylic acids is 2. The molecule has 0 aliphatic rings. The summed E-state index contributed by atoms with van der Waals surface area (Å²) in [6.07, 6.45) is -2.23. The summed E-state index contributed by atoms with van der Waals surface area (Å²) >= 11 is 0. The van der Waals surface area contributed by atoms with Crippen molar-refractivity contribution in [2.75, 3.05) is 21.3 Å². The molecule has 0 spiro atoms. The van der Waals surface area contributed by atoms with Gasteiger partial charge in [0.15, 0.2) is 17.6 Å². The van der Waals surface area contributed by atoms with Crippen LogP contribution in [0.3, 0.4) is 0 Å².